The molecule has 4 rings (SSSR count). The second-order valence-electron chi connectivity index (χ2n) is 7.97. The van der Waals surface area contributed by atoms with Gasteiger partial charge in [-0.05, 0) is 36.6 Å². The first-order valence-corrected chi connectivity index (χ1v) is 10.4. The zero-order valence-electron chi connectivity index (χ0n) is 21.0. The van der Waals surface area contributed by atoms with Crippen LogP contribution in [-0.4, -0.2) is 33.9 Å². The van der Waals surface area contributed by atoms with Crippen LogP contribution in [0.4, 0.5) is 23.2 Å². The normalized spacial score (nSPS) is 21.1. The number of halogens is 4. The molecule has 0 unspecified atom stereocenters. The lowest BCUT2D eigenvalue weighted by Crippen LogP contribution is -2.31. The molecule has 1 N–H and O–H groups in total. The Morgan fingerprint density at radius 1 is 1.18 bits per heavy atom. The van der Waals surface area contributed by atoms with Gasteiger partial charge in [-0.25, -0.2) is 27.5 Å². The molecule has 0 aliphatic heterocycles. The van der Waals surface area contributed by atoms with Crippen LogP contribution in [0.3, 0.4) is 0 Å². The number of ether oxygens (including phenoxy) is 1. The maximum absolute atomic E-state index is 14.8. The molecule has 0 radical (unpaired) electrons. The number of benzene rings is 1. The number of amides is 1. The van der Waals surface area contributed by atoms with Crippen LogP contribution in [0.5, 0.6) is 6.01 Å². The van der Waals surface area contributed by atoms with Gasteiger partial charge in [0.25, 0.3) is 5.91 Å². The van der Waals surface area contributed by atoms with E-state index in [1.54, 1.807) is 0 Å². The topological polar surface area (TPSA) is 77.0 Å². The van der Waals surface area contributed by atoms with Gasteiger partial charge in [-0.15, -0.1) is 0 Å². The SMILES string of the molecule is [2H]C([2H])([2H])[C@@H]1CC(F)(F)CC[C@H]1c1nccc(-c2cc(F)ccc2F)c1NC(=O)c1cnc(OC)nc1. The van der Waals surface area contributed by atoms with Crippen LogP contribution < -0.4 is 10.1 Å². The highest BCUT2D eigenvalue weighted by molar-refractivity contribution is 6.06. The average molecular weight is 477 g/mol. The van der Waals surface area contributed by atoms with Crippen molar-refractivity contribution in [3.05, 3.63) is 65.7 Å². The maximum Gasteiger partial charge on any atom is 0.316 e. The van der Waals surface area contributed by atoms with Gasteiger partial charge in [-0.3, -0.25) is 9.78 Å². The summed E-state index contributed by atoms with van der Waals surface area (Å²) in [4.78, 5) is 25.1. The van der Waals surface area contributed by atoms with Gasteiger partial charge in [0.15, 0.2) is 0 Å². The minimum Gasteiger partial charge on any atom is -0.467 e. The predicted octanol–water partition coefficient (Wildman–Crippen LogP) is 5.62. The molecule has 1 amide bonds. The van der Waals surface area contributed by atoms with Gasteiger partial charge in [0, 0.05) is 52.6 Å². The molecule has 10 heteroatoms. The van der Waals surface area contributed by atoms with Gasteiger partial charge in [0.2, 0.25) is 5.92 Å². The first-order chi connectivity index (χ1) is 17.4. The van der Waals surface area contributed by atoms with Crippen LogP contribution >= 0.6 is 0 Å². The zero-order chi connectivity index (χ0) is 27.0. The lowest BCUT2D eigenvalue weighted by Gasteiger charge is -2.34. The maximum atomic E-state index is 14.8. The first-order valence-electron chi connectivity index (χ1n) is 11.9. The van der Waals surface area contributed by atoms with Crippen LogP contribution in [0.25, 0.3) is 11.1 Å². The van der Waals surface area contributed by atoms with Crippen LogP contribution in [-0.2, 0) is 0 Å². The minimum atomic E-state index is -3.19. The van der Waals surface area contributed by atoms with E-state index in [1.807, 2.05) is 0 Å². The second kappa shape index (κ2) is 9.36. The average Bonchev–Trinajstić information content (AvgIpc) is 2.85. The van der Waals surface area contributed by atoms with Gasteiger partial charge in [-0.1, -0.05) is 6.85 Å². The quantitative estimate of drug-likeness (QED) is 0.483. The highest BCUT2D eigenvalue weighted by atomic mass is 19.3. The molecule has 3 aromatic rings. The number of anilines is 1. The van der Waals surface area contributed by atoms with E-state index >= 15 is 0 Å². The number of pyridine rings is 1. The van der Waals surface area contributed by atoms with Gasteiger partial charge < -0.3 is 10.1 Å². The molecule has 1 aromatic carbocycles. The van der Waals surface area contributed by atoms with Gasteiger partial charge in [0.1, 0.15) is 11.6 Å². The van der Waals surface area contributed by atoms with Crippen molar-refractivity contribution >= 4 is 11.6 Å². The van der Waals surface area contributed by atoms with Crippen LogP contribution in [0, 0.1) is 17.6 Å². The number of hydrogen-bond acceptors (Lipinski definition) is 5. The van der Waals surface area contributed by atoms with Crippen molar-refractivity contribution in [2.45, 2.75) is 38.0 Å². The van der Waals surface area contributed by atoms with Crippen molar-refractivity contribution in [2.24, 2.45) is 5.92 Å². The molecular formula is C24H22F4N4O2. The van der Waals surface area contributed by atoms with Crippen molar-refractivity contribution in [3.63, 3.8) is 0 Å². The standard InChI is InChI=1S/C24H22F4N4O2/c1-13-10-24(27,28)7-5-16(13)20-21(32-22(33)14-11-30-23(34-2)31-12-14)17(6-8-29-20)18-9-15(25)3-4-19(18)26/h3-4,6,8-9,11-13,16H,5,7,10H2,1-2H3,(H,32,33)/t13-,16-/m1/s1/i1D3. The van der Waals surface area contributed by atoms with Crippen molar-refractivity contribution in [2.75, 3.05) is 12.4 Å². The zero-order valence-corrected chi connectivity index (χ0v) is 18.0. The molecule has 1 aliphatic rings. The van der Waals surface area contributed by atoms with Crippen molar-refractivity contribution in [1.29, 1.82) is 0 Å². The largest absolute Gasteiger partial charge is 0.467 e. The van der Waals surface area contributed by atoms with E-state index in [2.05, 4.69) is 20.3 Å². The molecule has 1 saturated carbocycles. The number of methoxy groups -OCH3 is 1. The number of carbonyl (C=O) groups is 1. The fraction of sp³-hybridized carbons (Fsp3) is 0.333. The Morgan fingerprint density at radius 2 is 1.94 bits per heavy atom. The second-order valence-corrected chi connectivity index (χ2v) is 7.97. The van der Waals surface area contributed by atoms with Crippen LogP contribution in [0.15, 0.2) is 42.9 Å². The summed E-state index contributed by atoms with van der Waals surface area (Å²) < 4.78 is 85.9. The molecule has 1 aliphatic carbocycles. The van der Waals surface area contributed by atoms with E-state index in [0.29, 0.717) is 0 Å². The van der Waals surface area contributed by atoms with Gasteiger partial charge >= 0.3 is 6.01 Å². The monoisotopic (exact) mass is 477 g/mol. The first kappa shape index (κ1) is 19.9. The lowest BCUT2D eigenvalue weighted by molar-refractivity contribution is -0.0558. The molecular weight excluding hydrogens is 452 g/mol. The Balaban J connectivity index is 1.86. The number of nitrogens with one attached hydrogen (secondary N) is 1. The summed E-state index contributed by atoms with van der Waals surface area (Å²) in [6, 6.07) is 4.06. The summed E-state index contributed by atoms with van der Waals surface area (Å²) in [5.74, 6) is -8.03. The molecule has 34 heavy (non-hydrogen) atoms. The van der Waals surface area contributed by atoms with Crippen molar-refractivity contribution in [1.82, 2.24) is 15.0 Å². The van der Waals surface area contributed by atoms with Gasteiger partial charge in [-0.2, -0.15) is 0 Å². The van der Waals surface area contributed by atoms with Crippen LogP contribution in [0.2, 0.25) is 0 Å². The summed E-state index contributed by atoms with van der Waals surface area (Å²) in [6.45, 7) is -2.76. The number of aromatic nitrogens is 3. The van der Waals surface area contributed by atoms with Crippen molar-refractivity contribution < 1.29 is 31.2 Å². The molecule has 2 aromatic heterocycles. The molecule has 0 saturated heterocycles. The minimum absolute atomic E-state index is 0.00444. The fourth-order valence-corrected chi connectivity index (χ4v) is 4.00. The third kappa shape index (κ3) is 4.85. The molecule has 6 nitrogen and oxygen atoms in total. The number of alkyl halides is 2. The van der Waals surface area contributed by atoms with E-state index in [0.717, 1.165) is 18.2 Å². The highest BCUT2D eigenvalue weighted by Gasteiger charge is 2.41. The lowest BCUT2D eigenvalue weighted by atomic mass is 9.75. The summed E-state index contributed by atoms with van der Waals surface area (Å²) in [7, 11) is 1.34. The molecule has 0 bridgehead atoms. The molecule has 2 atom stereocenters. The number of nitrogens with zero attached hydrogens (tertiary/aromatic N) is 3. The number of rotatable bonds is 5. The van der Waals surface area contributed by atoms with Crippen molar-refractivity contribution in [3.8, 4) is 17.1 Å². The predicted molar refractivity (Wildman–Crippen MR) is 117 cm³/mol. The highest BCUT2D eigenvalue weighted by Crippen LogP contribution is 2.47. The number of carbonyl (C=O) groups excluding carboxylic acids is 1. The molecule has 0 spiro atoms. The Hall–Kier alpha value is -3.56. The summed E-state index contributed by atoms with van der Waals surface area (Å²) in [5, 5.41) is 2.59. The number of hydrogen-bond donors (Lipinski definition) is 1. The molecule has 1 fully saturated rings. The Kier molecular flexibility index (Phi) is 5.47. The van der Waals surface area contributed by atoms with E-state index in [1.165, 1.54) is 31.8 Å². The molecule has 178 valence electrons. The van der Waals surface area contributed by atoms with E-state index < -0.39 is 55.0 Å². The van der Waals surface area contributed by atoms with Gasteiger partial charge in [0.05, 0.1) is 24.1 Å². The van der Waals surface area contributed by atoms with E-state index in [-0.39, 0.29) is 40.5 Å². The summed E-state index contributed by atoms with van der Waals surface area (Å²) in [5.41, 5.74) is -0.371. The van der Waals surface area contributed by atoms with E-state index in [4.69, 9.17) is 8.85 Å². The summed E-state index contributed by atoms with van der Waals surface area (Å²) >= 11 is 0. The van der Waals surface area contributed by atoms with E-state index in [9.17, 15) is 22.4 Å². The Bertz CT molecular complexity index is 1310. The third-order valence-corrected chi connectivity index (χ3v) is 5.69. The molecule has 2 heterocycles. The smallest absolute Gasteiger partial charge is 0.316 e. The fourth-order valence-electron chi connectivity index (χ4n) is 4.00. The summed E-state index contributed by atoms with van der Waals surface area (Å²) in [6.07, 6.45) is 1.84. The Morgan fingerprint density at radius 3 is 2.65 bits per heavy atom. The Labute approximate surface area is 197 Å². The third-order valence-electron chi connectivity index (χ3n) is 5.69. The van der Waals surface area contributed by atoms with Crippen LogP contribution in [0.1, 0.15) is 52.2 Å².